The first-order valence-corrected chi connectivity index (χ1v) is 12.1. The summed E-state index contributed by atoms with van der Waals surface area (Å²) >= 11 is 4.55. The second kappa shape index (κ2) is 9.02. The van der Waals surface area contributed by atoms with E-state index in [9.17, 15) is 13.2 Å². The van der Waals surface area contributed by atoms with Crippen LogP contribution in [-0.2, 0) is 10.0 Å². The summed E-state index contributed by atoms with van der Waals surface area (Å²) in [5.74, 6) is 0.968. The van der Waals surface area contributed by atoms with Crippen molar-refractivity contribution in [2.75, 3.05) is 16.7 Å². The molecule has 10 heteroatoms. The van der Waals surface area contributed by atoms with Crippen molar-refractivity contribution in [1.29, 1.82) is 0 Å². The summed E-state index contributed by atoms with van der Waals surface area (Å²) in [6.07, 6.45) is 2.16. The van der Waals surface area contributed by atoms with Crippen LogP contribution in [0.15, 0.2) is 32.9 Å². The average Bonchev–Trinajstić information content (AvgIpc) is 2.98. The van der Waals surface area contributed by atoms with Gasteiger partial charge in [-0.05, 0) is 37.6 Å². The molecule has 0 saturated heterocycles. The number of hydrogen-bond acceptors (Lipinski definition) is 8. The molecule has 136 valence electrons. The first-order valence-electron chi connectivity index (χ1n) is 7.53. The lowest BCUT2D eigenvalue weighted by Gasteiger charge is -2.09. The summed E-state index contributed by atoms with van der Waals surface area (Å²) in [5, 5.41) is 7.94. The summed E-state index contributed by atoms with van der Waals surface area (Å²) in [6.45, 7) is 3.94. The lowest BCUT2D eigenvalue weighted by Crippen LogP contribution is -2.14. The van der Waals surface area contributed by atoms with E-state index in [0.717, 1.165) is 27.1 Å². The highest BCUT2D eigenvalue weighted by atomic mass is 32.2. The van der Waals surface area contributed by atoms with Crippen LogP contribution in [-0.4, -0.2) is 41.7 Å². The first-order chi connectivity index (χ1) is 11.8. The molecular weight excluding hydrogens is 398 g/mol. The third-order valence-corrected chi connectivity index (χ3v) is 6.99. The number of ketones is 1. The molecule has 1 aromatic heterocycles. The molecule has 0 aliphatic rings. The van der Waals surface area contributed by atoms with Gasteiger partial charge in [-0.15, -0.1) is 10.2 Å². The van der Waals surface area contributed by atoms with Crippen LogP contribution in [0.1, 0.15) is 30.6 Å². The van der Waals surface area contributed by atoms with Crippen LogP contribution >= 0.6 is 34.9 Å². The summed E-state index contributed by atoms with van der Waals surface area (Å²) in [4.78, 5) is 12.5. The number of benzene rings is 1. The maximum atomic E-state index is 12.5. The van der Waals surface area contributed by atoms with E-state index < -0.39 is 10.0 Å². The van der Waals surface area contributed by atoms with Gasteiger partial charge in [0.25, 0.3) is 0 Å². The zero-order valence-corrected chi connectivity index (χ0v) is 17.3. The zero-order valence-electron chi connectivity index (χ0n) is 14.1. The van der Waals surface area contributed by atoms with Crippen LogP contribution in [0.5, 0.6) is 0 Å². The number of anilines is 1. The van der Waals surface area contributed by atoms with Crippen molar-refractivity contribution >= 4 is 56.4 Å². The van der Waals surface area contributed by atoms with Gasteiger partial charge in [0.1, 0.15) is 0 Å². The van der Waals surface area contributed by atoms with Gasteiger partial charge < -0.3 is 0 Å². The van der Waals surface area contributed by atoms with E-state index in [1.807, 2.05) is 6.92 Å². The molecule has 2 rings (SSSR count). The molecular formula is C15H19N3O3S4. The van der Waals surface area contributed by atoms with Gasteiger partial charge in [0.15, 0.2) is 14.5 Å². The standard InChI is InChI=1S/C15H19N3O3S4/c1-4-9-22-14-16-17-15(24-14)23-10(2)13(19)11-5-7-12(8-6-11)18-25(3,20)21/h5-8,10,18H,4,9H2,1-3H3/t10-/m0/s1. The fourth-order valence-corrected chi connectivity index (χ4v) is 5.58. The minimum Gasteiger partial charge on any atom is -0.293 e. The molecule has 1 heterocycles. The fourth-order valence-electron chi connectivity index (χ4n) is 1.85. The maximum Gasteiger partial charge on any atom is 0.229 e. The second-order valence-corrected chi connectivity index (χ2v) is 10.9. The molecule has 1 N–H and O–H groups in total. The van der Waals surface area contributed by atoms with Gasteiger partial charge in [-0.3, -0.25) is 9.52 Å². The fraction of sp³-hybridized carbons (Fsp3) is 0.400. The monoisotopic (exact) mass is 417 g/mol. The highest BCUT2D eigenvalue weighted by Gasteiger charge is 2.19. The third kappa shape index (κ3) is 6.61. The molecule has 2 aromatic rings. The molecule has 25 heavy (non-hydrogen) atoms. The topological polar surface area (TPSA) is 89.0 Å². The van der Waals surface area contributed by atoms with E-state index in [2.05, 4.69) is 21.8 Å². The lowest BCUT2D eigenvalue weighted by atomic mass is 10.1. The van der Waals surface area contributed by atoms with Gasteiger partial charge in [-0.1, -0.05) is 41.8 Å². The van der Waals surface area contributed by atoms with Crippen molar-refractivity contribution in [3.63, 3.8) is 0 Å². The van der Waals surface area contributed by atoms with Gasteiger partial charge in [0.2, 0.25) is 10.0 Å². The molecule has 1 atom stereocenters. The Morgan fingerprint density at radius 2 is 1.88 bits per heavy atom. The molecule has 0 saturated carbocycles. The Morgan fingerprint density at radius 1 is 1.24 bits per heavy atom. The van der Waals surface area contributed by atoms with Crippen molar-refractivity contribution in [1.82, 2.24) is 10.2 Å². The minimum atomic E-state index is -3.33. The molecule has 0 radical (unpaired) electrons. The number of nitrogens with zero attached hydrogens (tertiary/aromatic N) is 2. The molecule has 0 spiro atoms. The summed E-state index contributed by atoms with van der Waals surface area (Å²) in [5.41, 5.74) is 0.963. The van der Waals surface area contributed by atoms with Crippen LogP contribution in [0.2, 0.25) is 0 Å². The van der Waals surface area contributed by atoms with E-state index in [-0.39, 0.29) is 11.0 Å². The SMILES string of the molecule is CCCSc1nnc(S[C@@H](C)C(=O)c2ccc(NS(C)(=O)=O)cc2)s1. The Balaban J connectivity index is 1.98. The van der Waals surface area contributed by atoms with E-state index in [4.69, 9.17) is 0 Å². The van der Waals surface area contributed by atoms with E-state index in [0.29, 0.717) is 11.3 Å². The Bertz CT molecular complexity index is 819. The smallest absolute Gasteiger partial charge is 0.229 e. The van der Waals surface area contributed by atoms with Gasteiger partial charge in [0, 0.05) is 17.0 Å². The van der Waals surface area contributed by atoms with Crippen molar-refractivity contribution in [2.45, 2.75) is 34.2 Å². The maximum absolute atomic E-state index is 12.5. The first kappa shape index (κ1) is 20.2. The lowest BCUT2D eigenvalue weighted by molar-refractivity contribution is 0.0994. The van der Waals surface area contributed by atoms with E-state index >= 15 is 0 Å². The van der Waals surface area contributed by atoms with Gasteiger partial charge >= 0.3 is 0 Å². The number of hydrogen-bond donors (Lipinski definition) is 1. The minimum absolute atomic E-state index is 0.0335. The van der Waals surface area contributed by atoms with Crippen molar-refractivity contribution in [3.05, 3.63) is 29.8 Å². The van der Waals surface area contributed by atoms with Crippen LogP contribution < -0.4 is 4.72 Å². The number of rotatable bonds is 9. The van der Waals surface area contributed by atoms with Gasteiger partial charge in [-0.25, -0.2) is 8.42 Å². The number of carbonyl (C=O) groups excluding carboxylic acids is 1. The summed E-state index contributed by atoms with van der Waals surface area (Å²) in [6, 6.07) is 6.40. The molecule has 0 fully saturated rings. The van der Waals surface area contributed by atoms with Crippen LogP contribution in [0.4, 0.5) is 5.69 Å². The highest BCUT2D eigenvalue weighted by molar-refractivity contribution is 8.04. The second-order valence-electron chi connectivity index (χ2n) is 5.26. The largest absolute Gasteiger partial charge is 0.293 e. The van der Waals surface area contributed by atoms with Crippen LogP contribution in [0.25, 0.3) is 0 Å². The van der Waals surface area contributed by atoms with Gasteiger partial charge in [-0.2, -0.15) is 0 Å². The zero-order chi connectivity index (χ0) is 18.4. The molecule has 6 nitrogen and oxygen atoms in total. The Kier molecular flexibility index (Phi) is 7.29. The van der Waals surface area contributed by atoms with Crippen molar-refractivity contribution in [3.8, 4) is 0 Å². The summed E-state index contributed by atoms with van der Waals surface area (Å²) < 4.78 is 26.5. The third-order valence-electron chi connectivity index (χ3n) is 2.94. The van der Waals surface area contributed by atoms with Crippen molar-refractivity contribution < 1.29 is 13.2 Å². The predicted octanol–water partition coefficient (Wildman–Crippen LogP) is 3.78. The number of carbonyl (C=O) groups is 1. The van der Waals surface area contributed by atoms with E-state index in [1.54, 1.807) is 36.0 Å². The van der Waals surface area contributed by atoms with Crippen LogP contribution in [0, 0.1) is 0 Å². The molecule has 1 aromatic carbocycles. The highest BCUT2D eigenvalue weighted by Crippen LogP contribution is 2.32. The average molecular weight is 418 g/mol. The summed E-state index contributed by atoms with van der Waals surface area (Å²) in [7, 11) is -3.33. The Hall–Kier alpha value is -1.10. The van der Waals surface area contributed by atoms with Crippen molar-refractivity contribution in [2.24, 2.45) is 0 Å². The van der Waals surface area contributed by atoms with Gasteiger partial charge in [0.05, 0.1) is 11.5 Å². The number of Topliss-reactive ketones (excluding diaryl/α,β-unsaturated/α-hetero) is 1. The molecule has 0 bridgehead atoms. The number of aromatic nitrogens is 2. The Morgan fingerprint density at radius 3 is 2.48 bits per heavy atom. The number of nitrogens with one attached hydrogen (secondary N) is 1. The molecule has 0 amide bonds. The quantitative estimate of drug-likeness (QED) is 0.490. The number of sulfonamides is 1. The number of thioether (sulfide) groups is 2. The normalized spacial score (nSPS) is 12.8. The Labute approximate surface area is 160 Å². The molecule has 0 unspecified atom stereocenters. The molecule has 0 aliphatic carbocycles. The predicted molar refractivity (Wildman–Crippen MR) is 105 cm³/mol. The van der Waals surface area contributed by atoms with Crippen LogP contribution in [0.3, 0.4) is 0 Å². The van der Waals surface area contributed by atoms with E-state index in [1.165, 1.54) is 23.1 Å². The molecule has 0 aliphatic heterocycles.